The van der Waals surface area contributed by atoms with Crippen LogP contribution in [0.25, 0.3) is 34.2 Å². The number of hydrogen-bond acceptors (Lipinski definition) is 14. The van der Waals surface area contributed by atoms with Crippen LogP contribution in [-0.4, -0.2) is 171 Å². The Morgan fingerprint density at radius 2 is 1.08 bits per heavy atom. The molecule has 462 valence electrons. The lowest BCUT2D eigenvalue weighted by molar-refractivity contribution is -0.144. The quantitative estimate of drug-likeness (QED) is 0.0971. The molecule has 28 heteroatoms. The van der Waals surface area contributed by atoms with Crippen LogP contribution >= 0.6 is 11.6 Å². The van der Waals surface area contributed by atoms with Crippen LogP contribution in [0.4, 0.5) is 58.9 Å². The smallest absolute Gasteiger partial charge is 0.399 e. The molecule has 5 fully saturated rings. The highest BCUT2D eigenvalue weighted by molar-refractivity contribution is 6.62. The molecule has 2 aromatic carbocycles. The second kappa shape index (κ2) is 26.5. The Bertz CT molecular complexity index is 3320. The van der Waals surface area contributed by atoms with Gasteiger partial charge in [0.1, 0.15) is 35.7 Å². The van der Waals surface area contributed by atoms with E-state index in [9.17, 15) is 35.9 Å². The van der Waals surface area contributed by atoms with Gasteiger partial charge >= 0.3 is 31.5 Å². The summed E-state index contributed by atoms with van der Waals surface area (Å²) in [6.45, 7) is 18.4. The van der Waals surface area contributed by atoms with Crippen LogP contribution in [0.1, 0.15) is 64.5 Å². The first-order valence-electron chi connectivity index (χ1n) is 28.5. The summed E-state index contributed by atoms with van der Waals surface area (Å²) in [7, 11) is 3.18. The number of nitrogens with zero attached hydrogens (tertiary/aromatic N) is 12. The van der Waals surface area contributed by atoms with Gasteiger partial charge in [-0.2, -0.15) is 26.3 Å². The number of anilines is 4. The van der Waals surface area contributed by atoms with Crippen LogP contribution in [-0.2, 0) is 32.9 Å². The van der Waals surface area contributed by atoms with Gasteiger partial charge < -0.3 is 58.1 Å². The Morgan fingerprint density at radius 1 is 0.628 bits per heavy atom. The number of aryl methyl sites for hydroxylation is 4. The predicted molar refractivity (Wildman–Crippen MR) is 315 cm³/mol. The third-order valence-electron chi connectivity index (χ3n) is 16.2. The maximum atomic E-state index is 12.9. The Kier molecular flexibility index (Phi) is 19.5. The average molecular weight is 1220 g/mol. The minimum absolute atomic E-state index is 0.0956. The Balaban J connectivity index is 0.000000163. The monoisotopic (exact) mass is 1220 g/mol. The molecular weight excluding hydrogens is 1150 g/mol. The van der Waals surface area contributed by atoms with Gasteiger partial charge in [0.15, 0.2) is 11.6 Å². The molecule has 5 saturated heterocycles. The molecule has 0 radical (unpaired) electrons. The van der Waals surface area contributed by atoms with E-state index in [4.69, 9.17) is 35.4 Å². The van der Waals surface area contributed by atoms with E-state index >= 15 is 0 Å². The second-order valence-electron chi connectivity index (χ2n) is 23.2. The van der Waals surface area contributed by atoms with Crippen molar-refractivity contribution in [2.75, 3.05) is 99.2 Å². The summed E-state index contributed by atoms with van der Waals surface area (Å²) in [5.74, 6) is 1.88. The SMILES string of the molecule is Cc1ccc(NC(=O)N2CC[C@@H](CC(F)(F)F)C2)cc1-c1cc(-c2nncn2C)nc(N2CCOCC2)c1.Cc1ccc(NC(=O)N2CC[C@@H](CC(F)(F)F)C2)cc1B1OC(C)(C)C(C)(C)O1.Cn1cnnc1-c1cc(Cl)cc(N2CCOCC2)n1. The van der Waals surface area contributed by atoms with E-state index in [1.807, 2.05) is 96.6 Å². The van der Waals surface area contributed by atoms with E-state index in [1.165, 1.54) is 9.80 Å². The summed E-state index contributed by atoms with van der Waals surface area (Å²) >= 11 is 6.18. The predicted octanol–water partition coefficient (Wildman–Crippen LogP) is 9.96. The molecule has 86 heavy (non-hydrogen) atoms. The van der Waals surface area contributed by atoms with E-state index < -0.39 is 67.4 Å². The number of nitrogens with one attached hydrogen (secondary N) is 2. The van der Waals surface area contributed by atoms with Crippen molar-refractivity contribution in [2.45, 2.75) is 90.8 Å². The number of aromatic nitrogens is 8. The number of urea groups is 2. The lowest BCUT2D eigenvalue weighted by Crippen LogP contribution is -2.41. The molecule has 5 aliphatic rings. The van der Waals surface area contributed by atoms with Crippen LogP contribution in [0, 0.1) is 25.7 Å². The third kappa shape index (κ3) is 16.1. The number of carbonyl (C=O) groups excluding carboxylic acids is 2. The maximum Gasteiger partial charge on any atom is 0.495 e. The van der Waals surface area contributed by atoms with Crippen molar-refractivity contribution in [2.24, 2.45) is 25.9 Å². The van der Waals surface area contributed by atoms with Gasteiger partial charge in [-0.15, -0.1) is 20.4 Å². The highest BCUT2D eigenvalue weighted by atomic mass is 35.5. The normalized spacial score (nSPS) is 19.5. The number of carbonyl (C=O) groups is 2. The minimum atomic E-state index is -4.22. The summed E-state index contributed by atoms with van der Waals surface area (Å²) in [6.07, 6.45) is -6.18. The lowest BCUT2D eigenvalue weighted by Gasteiger charge is -2.32. The Labute approximate surface area is 501 Å². The summed E-state index contributed by atoms with van der Waals surface area (Å²) in [5, 5.41) is 22.5. The van der Waals surface area contributed by atoms with E-state index in [0.29, 0.717) is 86.1 Å². The van der Waals surface area contributed by atoms with Crippen molar-refractivity contribution in [3.05, 3.63) is 89.5 Å². The Hall–Kier alpha value is -7.07. The standard InChI is InChI=1S/C26H30F3N7O2.C20H28BF3N2O3.C12H14ClN5O/c1-17-3-4-20(31-25(37)36-6-5-18(15-36)14-26(27,28)29)13-21(17)19-11-22(24-33-30-16-34(24)2)32-23(12-19)35-7-9-38-10-8-35;1-13-6-7-15(10-16(13)21-28-18(2,3)19(4,5)29-21)25-17(27)26-9-8-14(12-26)11-20(22,23)24;1-17-8-14-16-12(17)10-6-9(13)7-11(15-10)18-2-4-19-5-3-18/h3-4,11-13,16,18H,5-10,14-15H2,1-2H3,(H,31,37);6-7,10,14H,8-9,11-12H2,1-5H3,(H,25,27);6-8H,2-5H2,1H3/t18-;14-;/m00./s1. The number of pyridine rings is 2. The zero-order valence-electron chi connectivity index (χ0n) is 49.4. The summed E-state index contributed by atoms with van der Waals surface area (Å²) in [4.78, 5) is 42.1. The molecule has 20 nitrogen and oxygen atoms in total. The molecule has 9 heterocycles. The number of alkyl halides is 6. The number of morpholine rings is 2. The first-order chi connectivity index (χ1) is 40.7. The van der Waals surface area contributed by atoms with Crippen molar-refractivity contribution in [3.8, 4) is 34.2 Å². The van der Waals surface area contributed by atoms with Crippen molar-refractivity contribution in [1.29, 1.82) is 0 Å². The van der Waals surface area contributed by atoms with Gasteiger partial charge in [0.25, 0.3) is 0 Å². The fourth-order valence-corrected chi connectivity index (χ4v) is 10.9. The number of rotatable bonds is 10. The summed E-state index contributed by atoms with van der Waals surface area (Å²) < 4.78 is 103. The first kappa shape index (κ1) is 63.4. The van der Waals surface area contributed by atoms with Gasteiger partial charge in [0.05, 0.1) is 37.6 Å². The van der Waals surface area contributed by atoms with Crippen LogP contribution in [0.5, 0.6) is 0 Å². The van der Waals surface area contributed by atoms with Gasteiger partial charge in [-0.1, -0.05) is 29.3 Å². The molecule has 4 amide bonds. The zero-order chi connectivity index (χ0) is 61.7. The fourth-order valence-electron chi connectivity index (χ4n) is 10.7. The summed E-state index contributed by atoms with van der Waals surface area (Å²) in [5.41, 5.74) is 6.16. The van der Waals surface area contributed by atoms with Gasteiger partial charge in [-0.3, -0.25) is 0 Å². The number of halogens is 7. The molecule has 0 unspecified atom stereocenters. The van der Waals surface area contributed by atoms with Crippen molar-refractivity contribution < 1.29 is 54.7 Å². The van der Waals surface area contributed by atoms with Crippen molar-refractivity contribution in [1.82, 2.24) is 49.3 Å². The molecular formula is C58H72BClF6N14O6. The molecule has 6 aromatic rings. The largest absolute Gasteiger partial charge is 0.495 e. The number of benzene rings is 2. The first-order valence-corrected chi connectivity index (χ1v) is 28.9. The molecule has 4 aromatic heterocycles. The van der Waals surface area contributed by atoms with Gasteiger partial charge in [0, 0.05) is 95.7 Å². The zero-order valence-corrected chi connectivity index (χ0v) is 50.2. The van der Waals surface area contributed by atoms with Crippen LogP contribution in [0.3, 0.4) is 0 Å². The third-order valence-corrected chi connectivity index (χ3v) is 16.4. The topological polar surface area (TPSA) is 195 Å². The van der Waals surface area contributed by atoms with E-state index in [1.54, 1.807) is 41.5 Å². The fraction of sp³-hybridized carbons (Fsp3) is 0.517. The number of ether oxygens (including phenoxy) is 2. The average Bonchev–Trinajstić information content (AvgIpc) is 2.40. The molecule has 0 saturated carbocycles. The Morgan fingerprint density at radius 3 is 1.55 bits per heavy atom. The molecule has 2 N–H and O–H groups in total. The molecule has 0 aliphatic carbocycles. The number of amides is 4. The number of hydrogen-bond donors (Lipinski definition) is 2. The molecule has 2 atom stereocenters. The summed E-state index contributed by atoms with van der Waals surface area (Å²) in [6, 6.07) is 17.9. The van der Waals surface area contributed by atoms with Crippen LogP contribution in [0.2, 0.25) is 5.02 Å². The van der Waals surface area contributed by atoms with Crippen molar-refractivity contribution in [3.63, 3.8) is 0 Å². The second-order valence-corrected chi connectivity index (χ2v) is 23.7. The van der Waals surface area contributed by atoms with Crippen LogP contribution < -0.4 is 25.9 Å². The van der Waals surface area contributed by atoms with Gasteiger partial charge in [0.2, 0.25) is 0 Å². The molecule has 0 spiro atoms. The van der Waals surface area contributed by atoms with Gasteiger partial charge in [-0.25, -0.2) is 19.6 Å². The van der Waals surface area contributed by atoms with Gasteiger partial charge in [-0.05, 0) is 137 Å². The highest BCUT2D eigenvalue weighted by Crippen LogP contribution is 2.38. The van der Waals surface area contributed by atoms with E-state index in [-0.39, 0.29) is 13.1 Å². The molecule has 11 rings (SSSR count). The van der Waals surface area contributed by atoms with Crippen LogP contribution in [0.15, 0.2) is 73.3 Å². The highest BCUT2D eigenvalue weighted by Gasteiger charge is 2.52. The lowest BCUT2D eigenvalue weighted by atomic mass is 9.76. The van der Waals surface area contributed by atoms with E-state index in [0.717, 1.165) is 71.2 Å². The maximum absolute atomic E-state index is 12.9. The van der Waals surface area contributed by atoms with Crippen molar-refractivity contribution >= 4 is 59.3 Å². The van der Waals surface area contributed by atoms with E-state index in [2.05, 4.69) is 45.8 Å². The number of likely N-dealkylation sites (tertiary alicyclic amines) is 2. The molecule has 5 aliphatic heterocycles. The minimum Gasteiger partial charge on any atom is -0.399 e. The molecule has 0 bridgehead atoms.